The SMILES string of the molecule is CC(=O)OC[C@H]1O[C@@H](O[C@H]2[C@@H]3O[C@H](c4ccccc4)OC[C@H]3OC(O)[C@@H]2O[C@@H]2O[C@@H](C)[C@H](OC(C)=O)[C@@H](OC(C)=O)[C@H]2OC(C)=O)[C@H](OC(C)=O)[C@@H](OC(C)=O)[C@@H]1OC(C)=O. The van der Waals surface area contributed by atoms with Gasteiger partial charge in [-0.3, -0.25) is 33.6 Å². The molecule has 1 aromatic carbocycles. The van der Waals surface area contributed by atoms with Gasteiger partial charge in [0.15, 0.2) is 61.8 Å². The van der Waals surface area contributed by atoms with Crippen LogP contribution in [0.25, 0.3) is 0 Å². The first-order chi connectivity index (χ1) is 28.8. The number of ether oxygens (including phenoxy) is 14. The van der Waals surface area contributed by atoms with Gasteiger partial charge < -0.3 is 71.4 Å². The average molecular weight is 871 g/mol. The summed E-state index contributed by atoms with van der Waals surface area (Å²) in [5, 5.41) is 11.7. The van der Waals surface area contributed by atoms with Gasteiger partial charge in [0.25, 0.3) is 0 Å². The molecule has 5 rings (SSSR count). The lowest BCUT2D eigenvalue weighted by atomic mass is 9.95. The van der Waals surface area contributed by atoms with Crippen molar-refractivity contribution in [1.29, 1.82) is 0 Å². The molecule has 22 heteroatoms. The van der Waals surface area contributed by atoms with E-state index in [-0.39, 0.29) is 6.61 Å². The van der Waals surface area contributed by atoms with Crippen LogP contribution in [0.1, 0.15) is 67.2 Å². The number of carbonyl (C=O) groups excluding carboxylic acids is 7. The Kier molecular flexibility index (Phi) is 16.1. The molecule has 4 heterocycles. The number of aliphatic hydroxyl groups is 1. The molecule has 61 heavy (non-hydrogen) atoms. The number of esters is 7. The summed E-state index contributed by atoms with van der Waals surface area (Å²) in [6, 6.07) is 8.71. The molecule has 0 bridgehead atoms. The van der Waals surface area contributed by atoms with Gasteiger partial charge >= 0.3 is 41.8 Å². The summed E-state index contributed by atoms with van der Waals surface area (Å²) in [4.78, 5) is 86.6. The zero-order valence-corrected chi connectivity index (χ0v) is 34.6. The van der Waals surface area contributed by atoms with Gasteiger partial charge in [-0.2, -0.15) is 0 Å². The second-order valence-corrected chi connectivity index (χ2v) is 14.4. The van der Waals surface area contributed by atoms with E-state index in [0.29, 0.717) is 5.56 Å². The van der Waals surface area contributed by atoms with Gasteiger partial charge in [-0.25, -0.2) is 0 Å². The Morgan fingerprint density at radius 1 is 0.557 bits per heavy atom. The third-order valence-electron chi connectivity index (χ3n) is 9.54. The molecule has 0 amide bonds. The van der Waals surface area contributed by atoms with Crippen LogP contribution in [-0.2, 0) is 99.9 Å². The van der Waals surface area contributed by atoms with Crippen LogP contribution >= 0.6 is 0 Å². The maximum Gasteiger partial charge on any atom is 0.303 e. The third kappa shape index (κ3) is 12.2. The molecule has 0 radical (unpaired) electrons. The Bertz CT molecular complexity index is 1740. The predicted octanol–water partition coefficient (Wildman–Crippen LogP) is 0.211. The van der Waals surface area contributed by atoms with E-state index < -0.39 is 147 Å². The Balaban J connectivity index is 1.61. The van der Waals surface area contributed by atoms with Crippen LogP contribution < -0.4 is 0 Å². The highest BCUT2D eigenvalue weighted by atomic mass is 16.8. The van der Waals surface area contributed by atoms with Crippen LogP contribution in [-0.4, -0.2) is 152 Å². The number of fused-ring (bicyclic) bond motifs is 1. The van der Waals surface area contributed by atoms with Crippen molar-refractivity contribution in [2.24, 2.45) is 0 Å². The van der Waals surface area contributed by atoms with Crippen molar-refractivity contribution in [2.45, 2.75) is 154 Å². The van der Waals surface area contributed by atoms with Gasteiger partial charge in [0.2, 0.25) is 0 Å². The van der Waals surface area contributed by atoms with Gasteiger partial charge in [-0.15, -0.1) is 0 Å². The summed E-state index contributed by atoms with van der Waals surface area (Å²) in [5.74, 6) is -5.95. The molecule has 4 fully saturated rings. The maximum atomic E-state index is 12.7. The molecule has 0 aliphatic carbocycles. The molecule has 1 N–H and O–H groups in total. The van der Waals surface area contributed by atoms with E-state index in [1.165, 1.54) is 6.92 Å². The minimum atomic E-state index is -1.94. The number of carbonyl (C=O) groups is 7. The van der Waals surface area contributed by atoms with E-state index in [1.54, 1.807) is 30.3 Å². The fourth-order valence-corrected chi connectivity index (χ4v) is 7.33. The van der Waals surface area contributed by atoms with Crippen LogP contribution in [0.2, 0.25) is 0 Å². The first-order valence-electron chi connectivity index (χ1n) is 19.3. The third-order valence-corrected chi connectivity index (χ3v) is 9.54. The monoisotopic (exact) mass is 870 g/mol. The molecular weight excluding hydrogens is 820 g/mol. The average Bonchev–Trinajstić information content (AvgIpc) is 3.16. The van der Waals surface area contributed by atoms with Crippen molar-refractivity contribution in [3.05, 3.63) is 35.9 Å². The Morgan fingerprint density at radius 3 is 1.57 bits per heavy atom. The highest BCUT2D eigenvalue weighted by Gasteiger charge is 2.59. The minimum absolute atomic E-state index is 0.182. The fraction of sp³-hybridized carbons (Fsp3) is 0.667. The van der Waals surface area contributed by atoms with Crippen LogP contribution in [0.5, 0.6) is 0 Å². The zero-order valence-electron chi connectivity index (χ0n) is 34.6. The predicted molar refractivity (Wildman–Crippen MR) is 194 cm³/mol. The molecule has 1 aromatic rings. The van der Waals surface area contributed by atoms with Gasteiger partial charge in [-0.05, 0) is 6.92 Å². The Labute approximate surface area is 349 Å². The van der Waals surface area contributed by atoms with Crippen molar-refractivity contribution < 1.29 is 105 Å². The Morgan fingerprint density at radius 2 is 1.03 bits per heavy atom. The largest absolute Gasteiger partial charge is 0.463 e. The molecule has 16 atom stereocenters. The lowest BCUT2D eigenvalue weighted by Crippen LogP contribution is -2.69. The number of rotatable bonds is 13. The lowest BCUT2D eigenvalue weighted by Gasteiger charge is -2.51. The normalized spacial score (nSPS) is 35.9. The number of hydrogen-bond donors (Lipinski definition) is 1. The van der Waals surface area contributed by atoms with Gasteiger partial charge in [0.1, 0.15) is 37.1 Å². The summed E-state index contributed by atoms with van der Waals surface area (Å²) < 4.78 is 82.0. The van der Waals surface area contributed by atoms with Crippen LogP contribution in [0.4, 0.5) is 0 Å². The summed E-state index contributed by atoms with van der Waals surface area (Å²) in [6.45, 7) is 8.20. The van der Waals surface area contributed by atoms with E-state index >= 15 is 0 Å². The number of aliphatic hydroxyl groups excluding tert-OH is 1. The minimum Gasteiger partial charge on any atom is -0.463 e. The molecule has 22 nitrogen and oxygen atoms in total. The van der Waals surface area contributed by atoms with Crippen LogP contribution in [0.3, 0.4) is 0 Å². The van der Waals surface area contributed by atoms with Crippen molar-refractivity contribution in [3.63, 3.8) is 0 Å². The molecule has 1 unspecified atom stereocenters. The molecule has 4 aliphatic rings. The smallest absolute Gasteiger partial charge is 0.303 e. The van der Waals surface area contributed by atoms with Crippen molar-refractivity contribution >= 4 is 41.8 Å². The fourth-order valence-electron chi connectivity index (χ4n) is 7.33. The number of benzene rings is 1. The molecule has 0 saturated carbocycles. The van der Waals surface area contributed by atoms with E-state index in [0.717, 1.165) is 48.5 Å². The highest BCUT2D eigenvalue weighted by molar-refractivity contribution is 5.69. The van der Waals surface area contributed by atoms with E-state index in [1.807, 2.05) is 0 Å². The summed E-state index contributed by atoms with van der Waals surface area (Å²) in [5.41, 5.74) is 0.565. The van der Waals surface area contributed by atoms with Gasteiger partial charge in [-0.1, -0.05) is 30.3 Å². The standard InChI is InChI=1S/C39H50O22/c1-16-27(51-18(3)41)30(53-20(5)43)34(55-22(7)45)38(50-16)61-33-31(29-25(57-36(33)47)15-49-37(59-29)24-12-10-9-11-13-24)60-39-35(56-23(8)46)32(54-21(6)44)28(52-19(4)42)26(58-39)14-48-17(2)40/h9-13,16,25-39,47H,14-15H2,1-8H3/t16-,25+,26+,27-,28+,29+,30+,31-,32-,33+,34+,35+,36?,37+,38-,39-/m0/s1. The highest BCUT2D eigenvalue weighted by Crippen LogP contribution is 2.40. The number of hydrogen-bond acceptors (Lipinski definition) is 22. The van der Waals surface area contributed by atoms with E-state index in [4.69, 9.17) is 66.3 Å². The zero-order chi connectivity index (χ0) is 44.7. The molecule has 338 valence electrons. The van der Waals surface area contributed by atoms with Crippen LogP contribution in [0.15, 0.2) is 30.3 Å². The lowest BCUT2D eigenvalue weighted by molar-refractivity contribution is -0.410. The quantitative estimate of drug-likeness (QED) is 0.205. The van der Waals surface area contributed by atoms with Crippen molar-refractivity contribution in [3.8, 4) is 0 Å². The summed E-state index contributed by atoms with van der Waals surface area (Å²) in [6.07, 6.45) is -24.1. The molecule has 0 spiro atoms. The molecule has 4 saturated heterocycles. The molecular formula is C39H50O22. The Hall–Kier alpha value is -4.81. The second-order valence-electron chi connectivity index (χ2n) is 14.4. The van der Waals surface area contributed by atoms with Crippen molar-refractivity contribution in [1.82, 2.24) is 0 Å². The molecule has 0 aromatic heterocycles. The first-order valence-corrected chi connectivity index (χ1v) is 19.3. The van der Waals surface area contributed by atoms with Gasteiger partial charge in [0, 0.05) is 54.0 Å². The summed E-state index contributed by atoms with van der Waals surface area (Å²) >= 11 is 0. The second kappa shape index (κ2) is 20.8. The topological polar surface area (TPSA) is 269 Å². The summed E-state index contributed by atoms with van der Waals surface area (Å²) in [7, 11) is 0. The van der Waals surface area contributed by atoms with Crippen LogP contribution in [0, 0.1) is 0 Å². The first kappa shape index (κ1) is 47.2. The maximum absolute atomic E-state index is 12.7. The van der Waals surface area contributed by atoms with E-state index in [9.17, 15) is 38.7 Å². The molecule has 4 aliphatic heterocycles. The van der Waals surface area contributed by atoms with Crippen molar-refractivity contribution in [2.75, 3.05) is 13.2 Å². The van der Waals surface area contributed by atoms with E-state index in [2.05, 4.69) is 0 Å². The van der Waals surface area contributed by atoms with Gasteiger partial charge in [0.05, 0.1) is 12.7 Å².